The van der Waals surface area contributed by atoms with Crippen LogP contribution in [0.2, 0.25) is 0 Å². The minimum atomic E-state index is -1.67. The average molecular weight is 294 g/mol. The van der Waals surface area contributed by atoms with Crippen LogP contribution in [-0.2, 0) is 6.54 Å². The maximum absolute atomic E-state index is 13.7. The van der Waals surface area contributed by atoms with Gasteiger partial charge in [0.15, 0.2) is 17.5 Å². The topological polar surface area (TPSA) is 46.3 Å². The molecule has 0 saturated carbocycles. The first kappa shape index (κ1) is 15.1. The van der Waals surface area contributed by atoms with Crippen molar-refractivity contribution in [2.24, 2.45) is 5.73 Å². The van der Waals surface area contributed by atoms with E-state index in [1.807, 2.05) is 0 Å². The molecule has 2 aromatic carbocycles. The summed E-state index contributed by atoms with van der Waals surface area (Å²) in [4.78, 5) is 13.4. The lowest BCUT2D eigenvalue weighted by molar-refractivity contribution is 0.0987. The fourth-order valence-corrected chi connectivity index (χ4v) is 1.99. The summed E-state index contributed by atoms with van der Waals surface area (Å²) in [5.41, 5.74) is 6.20. The molecule has 0 aromatic heterocycles. The van der Waals surface area contributed by atoms with Crippen LogP contribution in [0.1, 0.15) is 15.9 Å². The molecular formula is C15H13F3N2O. The summed E-state index contributed by atoms with van der Waals surface area (Å²) in [7, 11) is 1.41. The summed E-state index contributed by atoms with van der Waals surface area (Å²) in [6.07, 6.45) is 0. The van der Waals surface area contributed by atoms with Gasteiger partial charge in [-0.3, -0.25) is 4.79 Å². The van der Waals surface area contributed by atoms with Crippen LogP contribution in [0.4, 0.5) is 18.9 Å². The van der Waals surface area contributed by atoms with Crippen LogP contribution in [0, 0.1) is 17.5 Å². The highest BCUT2D eigenvalue weighted by molar-refractivity contribution is 6.06. The third kappa shape index (κ3) is 2.75. The lowest BCUT2D eigenvalue weighted by atomic mass is 10.1. The van der Waals surface area contributed by atoms with E-state index < -0.39 is 28.9 Å². The Labute approximate surface area is 119 Å². The molecule has 0 aliphatic rings. The predicted octanol–water partition coefficient (Wildman–Crippen LogP) is 2.84. The number of rotatable bonds is 3. The van der Waals surface area contributed by atoms with E-state index in [1.54, 1.807) is 24.3 Å². The molecule has 1 amide bonds. The summed E-state index contributed by atoms with van der Waals surface area (Å²) < 4.78 is 39.8. The minimum absolute atomic E-state index is 0.189. The Hall–Kier alpha value is -2.34. The number of amides is 1. The number of nitrogens with zero attached hydrogens (tertiary/aromatic N) is 1. The molecule has 0 saturated heterocycles. The SMILES string of the molecule is CN(C(=O)c1ccc(F)c(F)c1F)c1ccccc1CN. The Morgan fingerprint density at radius 2 is 1.76 bits per heavy atom. The predicted molar refractivity (Wildman–Crippen MR) is 73.4 cm³/mol. The van der Waals surface area contributed by atoms with E-state index in [9.17, 15) is 18.0 Å². The third-order valence-corrected chi connectivity index (χ3v) is 3.14. The van der Waals surface area contributed by atoms with Gasteiger partial charge in [0, 0.05) is 19.3 Å². The molecule has 0 atom stereocenters. The van der Waals surface area contributed by atoms with Gasteiger partial charge in [-0.2, -0.15) is 0 Å². The molecule has 0 aliphatic carbocycles. The van der Waals surface area contributed by atoms with Gasteiger partial charge in [-0.1, -0.05) is 18.2 Å². The van der Waals surface area contributed by atoms with Crippen molar-refractivity contribution in [3.05, 3.63) is 65.0 Å². The molecule has 0 unspecified atom stereocenters. The summed E-state index contributed by atoms with van der Waals surface area (Å²) in [6, 6.07) is 8.44. The highest BCUT2D eigenvalue weighted by Gasteiger charge is 2.23. The molecule has 2 aromatic rings. The molecule has 0 spiro atoms. The molecule has 6 heteroatoms. The fourth-order valence-electron chi connectivity index (χ4n) is 1.99. The zero-order chi connectivity index (χ0) is 15.6. The smallest absolute Gasteiger partial charge is 0.261 e. The van der Waals surface area contributed by atoms with Crippen LogP contribution in [0.15, 0.2) is 36.4 Å². The highest BCUT2D eigenvalue weighted by atomic mass is 19.2. The van der Waals surface area contributed by atoms with Crippen molar-refractivity contribution in [3.8, 4) is 0 Å². The van der Waals surface area contributed by atoms with Crippen molar-refractivity contribution >= 4 is 11.6 Å². The lowest BCUT2D eigenvalue weighted by Crippen LogP contribution is -2.28. The summed E-state index contributed by atoms with van der Waals surface area (Å²) in [6.45, 7) is 0.189. The van der Waals surface area contributed by atoms with Crippen LogP contribution in [0.3, 0.4) is 0 Å². The third-order valence-electron chi connectivity index (χ3n) is 3.14. The number of nitrogens with two attached hydrogens (primary N) is 1. The van der Waals surface area contributed by atoms with Gasteiger partial charge in [0.1, 0.15) is 0 Å². The molecule has 0 aliphatic heterocycles. The Morgan fingerprint density at radius 3 is 2.43 bits per heavy atom. The van der Waals surface area contributed by atoms with Gasteiger partial charge >= 0.3 is 0 Å². The molecular weight excluding hydrogens is 281 g/mol. The fraction of sp³-hybridized carbons (Fsp3) is 0.133. The zero-order valence-electron chi connectivity index (χ0n) is 11.2. The van der Waals surface area contributed by atoms with Gasteiger partial charge in [-0.25, -0.2) is 13.2 Å². The number of anilines is 1. The van der Waals surface area contributed by atoms with Crippen molar-refractivity contribution in [1.29, 1.82) is 0 Å². The quantitative estimate of drug-likeness (QED) is 0.885. The van der Waals surface area contributed by atoms with Gasteiger partial charge in [0.2, 0.25) is 0 Å². The first-order chi connectivity index (χ1) is 9.97. The van der Waals surface area contributed by atoms with E-state index in [4.69, 9.17) is 5.73 Å². The number of halogens is 3. The first-order valence-corrected chi connectivity index (χ1v) is 6.17. The van der Waals surface area contributed by atoms with Crippen LogP contribution in [-0.4, -0.2) is 13.0 Å². The number of carbonyl (C=O) groups is 1. The molecule has 0 heterocycles. The number of carbonyl (C=O) groups excluding carboxylic acids is 1. The Morgan fingerprint density at radius 1 is 1.10 bits per heavy atom. The molecule has 2 N–H and O–H groups in total. The van der Waals surface area contributed by atoms with Gasteiger partial charge < -0.3 is 10.6 Å². The zero-order valence-corrected chi connectivity index (χ0v) is 11.2. The molecule has 0 fully saturated rings. The number of para-hydroxylation sites is 1. The van der Waals surface area contributed by atoms with Crippen LogP contribution < -0.4 is 10.6 Å². The van der Waals surface area contributed by atoms with E-state index in [2.05, 4.69) is 0 Å². The minimum Gasteiger partial charge on any atom is -0.326 e. The van der Waals surface area contributed by atoms with E-state index in [0.29, 0.717) is 17.3 Å². The van der Waals surface area contributed by atoms with E-state index >= 15 is 0 Å². The Balaban J connectivity index is 2.43. The van der Waals surface area contributed by atoms with E-state index in [-0.39, 0.29) is 6.54 Å². The van der Waals surface area contributed by atoms with Crippen LogP contribution in [0.25, 0.3) is 0 Å². The monoisotopic (exact) mass is 294 g/mol. The normalized spacial score (nSPS) is 10.5. The number of hydrogen-bond donors (Lipinski definition) is 1. The molecule has 21 heavy (non-hydrogen) atoms. The Kier molecular flexibility index (Phi) is 4.28. The molecule has 0 bridgehead atoms. The van der Waals surface area contributed by atoms with Crippen molar-refractivity contribution < 1.29 is 18.0 Å². The van der Waals surface area contributed by atoms with E-state index in [0.717, 1.165) is 11.0 Å². The largest absolute Gasteiger partial charge is 0.326 e. The standard InChI is InChI=1S/C15H13F3N2O/c1-20(12-5-3-2-4-9(12)8-19)15(21)10-6-7-11(16)14(18)13(10)17/h2-7H,8,19H2,1H3. The van der Waals surface area contributed by atoms with Crippen molar-refractivity contribution in [3.63, 3.8) is 0 Å². The van der Waals surface area contributed by atoms with Crippen molar-refractivity contribution in [1.82, 2.24) is 0 Å². The van der Waals surface area contributed by atoms with Gasteiger partial charge in [0.05, 0.1) is 5.56 Å². The second-order valence-corrected chi connectivity index (χ2v) is 4.42. The lowest BCUT2D eigenvalue weighted by Gasteiger charge is -2.20. The molecule has 2 rings (SSSR count). The first-order valence-electron chi connectivity index (χ1n) is 6.17. The van der Waals surface area contributed by atoms with Gasteiger partial charge in [-0.05, 0) is 23.8 Å². The highest BCUT2D eigenvalue weighted by Crippen LogP contribution is 2.23. The van der Waals surface area contributed by atoms with Gasteiger partial charge in [0.25, 0.3) is 5.91 Å². The maximum atomic E-state index is 13.7. The second kappa shape index (κ2) is 5.97. The Bertz CT molecular complexity index is 689. The molecule has 3 nitrogen and oxygen atoms in total. The average Bonchev–Trinajstić information content (AvgIpc) is 2.51. The van der Waals surface area contributed by atoms with Gasteiger partial charge in [-0.15, -0.1) is 0 Å². The van der Waals surface area contributed by atoms with Crippen molar-refractivity contribution in [2.75, 3.05) is 11.9 Å². The van der Waals surface area contributed by atoms with Crippen molar-refractivity contribution in [2.45, 2.75) is 6.54 Å². The molecule has 110 valence electrons. The summed E-state index contributed by atoms with van der Waals surface area (Å²) in [5.74, 6) is -5.29. The molecule has 0 radical (unpaired) electrons. The maximum Gasteiger partial charge on any atom is 0.261 e. The van der Waals surface area contributed by atoms with Crippen LogP contribution in [0.5, 0.6) is 0 Å². The summed E-state index contributed by atoms with van der Waals surface area (Å²) >= 11 is 0. The van der Waals surface area contributed by atoms with E-state index in [1.165, 1.54) is 7.05 Å². The summed E-state index contributed by atoms with van der Waals surface area (Å²) in [5, 5.41) is 0. The number of hydrogen-bond acceptors (Lipinski definition) is 2. The van der Waals surface area contributed by atoms with Crippen LogP contribution >= 0.6 is 0 Å². The number of benzene rings is 2. The second-order valence-electron chi connectivity index (χ2n) is 4.42.